The third-order valence-corrected chi connectivity index (χ3v) is 3.16. The van der Waals surface area contributed by atoms with Crippen LogP contribution in [-0.4, -0.2) is 15.0 Å². The van der Waals surface area contributed by atoms with Gasteiger partial charge in [-0.3, -0.25) is 20.2 Å². The predicted molar refractivity (Wildman–Crippen MR) is 75.8 cm³/mol. The van der Waals surface area contributed by atoms with E-state index in [2.05, 4.69) is 0 Å². The Kier molecular flexibility index (Phi) is 3.95. The van der Waals surface area contributed by atoms with Gasteiger partial charge in [-0.1, -0.05) is 24.3 Å². The van der Waals surface area contributed by atoms with Crippen molar-refractivity contribution in [2.45, 2.75) is 13.5 Å². The molecule has 0 saturated heterocycles. The Morgan fingerprint density at radius 2 is 1.57 bits per heavy atom. The van der Waals surface area contributed by atoms with E-state index in [4.69, 9.17) is 5.11 Å². The van der Waals surface area contributed by atoms with Gasteiger partial charge in [-0.2, -0.15) is 0 Å². The van der Waals surface area contributed by atoms with Gasteiger partial charge in [0.15, 0.2) is 0 Å². The fraction of sp³-hybridized carbons (Fsp3) is 0.143. The molecule has 0 spiro atoms. The average molecular weight is 288 g/mol. The molecule has 0 aliphatic carbocycles. The van der Waals surface area contributed by atoms with Crippen molar-refractivity contribution in [1.82, 2.24) is 0 Å². The van der Waals surface area contributed by atoms with Crippen molar-refractivity contribution < 1.29 is 15.0 Å². The van der Waals surface area contributed by atoms with Crippen LogP contribution in [0.5, 0.6) is 0 Å². The second kappa shape index (κ2) is 5.68. The Labute approximate surface area is 119 Å². The highest BCUT2D eigenvalue weighted by Gasteiger charge is 2.23. The highest BCUT2D eigenvalue weighted by Crippen LogP contribution is 2.35. The van der Waals surface area contributed by atoms with Crippen LogP contribution in [0.25, 0.3) is 11.1 Å². The monoisotopic (exact) mass is 288 g/mol. The molecule has 108 valence electrons. The molecule has 2 rings (SSSR count). The minimum Gasteiger partial charge on any atom is -0.392 e. The zero-order valence-electron chi connectivity index (χ0n) is 11.1. The number of nitro groups is 2. The summed E-state index contributed by atoms with van der Waals surface area (Å²) in [5.74, 6) is 0. The maximum atomic E-state index is 11.1. The smallest absolute Gasteiger partial charge is 0.284 e. The van der Waals surface area contributed by atoms with E-state index in [1.165, 1.54) is 13.0 Å². The molecule has 0 unspecified atom stereocenters. The minimum absolute atomic E-state index is 0.123. The molecule has 0 amide bonds. The van der Waals surface area contributed by atoms with Crippen molar-refractivity contribution in [3.05, 3.63) is 67.8 Å². The van der Waals surface area contributed by atoms with E-state index in [9.17, 15) is 20.2 Å². The van der Waals surface area contributed by atoms with Crippen molar-refractivity contribution in [3.63, 3.8) is 0 Å². The molecule has 7 heteroatoms. The molecule has 0 bridgehead atoms. The Morgan fingerprint density at radius 3 is 2.05 bits per heavy atom. The second-order valence-corrected chi connectivity index (χ2v) is 4.53. The number of hydrogen-bond donors (Lipinski definition) is 1. The van der Waals surface area contributed by atoms with Crippen LogP contribution in [0.15, 0.2) is 36.4 Å². The first-order valence-electron chi connectivity index (χ1n) is 6.07. The van der Waals surface area contributed by atoms with Crippen LogP contribution >= 0.6 is 0 Å². The summed E-state index contributed by atoms with van der Waals surface area (Å²) >= 11 is 0. The van der Waals surface area contributed by atoms with E-state index >= 15 is 0 Å². The highest BCUT2D eigenvalue weighted by atomic mass is 16.6. The van der Waals surface area contributed by atoms with Gasteiger partial charge >= 0.3 is 0 Å². The van der Waals surface area contributed by atoms with Crippen LogP contribution in [0.3, 0.4) is 0 Å². The molecule has 0 fully saturated rings. The molecule has 7 nitrogen and oxygen atoms in total. The molecule has 0 aromatic heterocycles. The Morgan fingerprint density at radius 1 is 1.00 bits per heavy atom. The van der Waals surface area contributed by atoms with Gasteiger partial charge in [0.2, 0.25) is 0 Å². The number of aliphatic hydroxyl groups is 1. The van der Waals surface area contributed by atoms with E-state index in [0.717, 1.165) is 6.07 Å². The molecular weight excluding hydrogens is 276 g/mol. The number of nitrogens with zero attached hydrogens (tertiary/aromatic N) is 2. The molecule has 0 saturated carbocycles. The van der Waals surface area contributed by atoms with Crippen molar-refractivity contribution in [2.75, 3.05) is 0 Å². The molecule has 0 radical (unpaired) electrons. The number of rotatable bonds is 4. The highest BCUT2D eigenvalue weighted by molar-refractivity contribution is 5.76. The molecule has 0 heterocycles. The maximum absolute atomic E-state index is 11.1. The first-order valence-corrected chi connectivity index (χ1v) is 6.07. The molecule has 21 heavy (non-hydrogen) atoms. The summed E-state index contributed by atoms with van der Waals surface area (Å²) in [6, 6.07) is 8.98. The number of benzene rings is 2. The van der Waals surface area contributed by atoms with Gasteiger partial charge in [0, 0.05) is 5.56 Å². The Hall–Kier alpha value is -2.80. The summed E-state index contributed by atoms with van der Waals surface area (Å²) in [5, 5.41) is 31.0. The SMILES string of the molecule is Cc1cc(-c2ccc(CO)cc2)c([N+](=O)[O-])cc1[N+](=O)[O-]. The summed E-state index contributed by atoms with van der Waals surface area (Å²) in [6.07, 6.45) is 0. The van der Waals surface area contributed by atoms with Gasteiger partial charge < -0.3 is 5.11 Å². The average Bonchev–Trinajstić information content (AvgIpc) is 2.46. The fourth-order valence-electron chi connectivity index (χ4n) is 2.05. The fourth-order valence-corrected chi connectivity index (χ4v) is 2.05. The van der Waals surface area contributed by atoms with Crippen LogP contribution in [-0.2, 0) is 6.61 Å². The van der Waals surface area contributed by atoms with Crippen LogP contribution in [0.1, 0.15) is 11.1 Å². The zero-order chi connectivity index (χ0) is 15.6. The Balaban J connectivity index is 2.63. The second-order valence-electron chi connectivity index (χ2n) is 4.53. The predicted octanol–water partition coefficient (Wildman–Crippen LogP) is 2.97. The third kappa shape index (κ3) is 2.87. The minimum atomic E-state index is -0.638. The number of aliphatic hydroxyl groups excluding tert-OH is 1. The molecule has 1 N–H and O–H groups in total. The maximum Gasteiger partial charge on any atom is 0.284 e. The van der Waals surface area contributed by atoms with Crippen molar-refractivity contribution in [3.8, 4) is 11.1 Å². The molecule has 2 aromatic rings. The molecule has 0 aliphatic heterocycles. The number of nitro benzene ring substituents is 2. The van der Waals surface area contributed by atoms with Gasteiger partial charge in [0.1, 0.15) is 0 Å². The molecular formula is C14H12N2O5. The summed E-state index contributed by atoms with van der Waals surface area (Å²) in [6.45, 7) is 1.41. The van der Waals surface area contributed by atoms with Gasteiger partial charge in [0.25, 0.3) is 11.4 Å². The van der Waals surface area contributed by atoms with Gasteiger partial charge in [-0.25, -0.2) is 0 Å². The summed E-state index contributed by atoms with van der Waals surface area (Å²) in [5.41, 5.74) is 1.32. The van der Waals surface area contributed by atoms with Gasteiger partial charge in [-0.05, 0) is 24.1 Å². The third-order valence-electron chi connectivity index (χ3n) is 3.16. The molecule has 0 atom stereocenters. The summed E-state index contributed by atoms with van der Waals surface area (Å²) in [4.78, 5) is 20.8. The van der Waals surface area contributed by atoms with Crippen LogP contribution in [0, 0.1) is 27.2 Å². The largest absolute Gasteiger partial charge is 0.392 e. The van der Waals surface area contributed by atoms with Crippen molar-refractivity contribution >= 4 is 11.4 Å². The quantitative estimate of drug-likeness (QED) is 0.687. The van der Waals surface area contributed by atoms with E-state index in [1.807, 2.05) is 0 Å². The molecule has 0 aliphatic rings. The normalized spacial score (nSPS) is 10.4. The zero-order valence-corrected chi connectivity index (χ0v) is 11.1. The standard InChI is InChI=1S/C14H12N2O5/c1-9-6-12(11-4-2-10(8-17)3-5-11)14(16(20)21)7-13(9)15(18)19/h2-7,17H,8H2,1H3. The van der Waals surface area contributed by atoms with E-state index < -0.39 is 9.85 Å². The van der Waals surface area contributed by atoms with Crippen LogP contribution < -0.4 is 0 Å². The van der Waals surface area contributed by atoms with Crippen molar-refractivity contribution in [2.24, 2.45) is 0 Å². The lowest BCUT2D eigenvalue weighted by Crippen LogP contribution is -1.98. The first-order chi connectivity index (χ1) is 9.93. The number of aryl methyl sites for hydroxylation is 1. The van der Waals surface area contributed by atoms with Crippen LogP contribution in [0.2, 0.25) is 0 Å². The lowest BCUT2D eigenvalue weighted by atomic mass is 9.99. The van der Waals surface area contributed by atoms with E-state index in [0.29, 0.717) is 22.3 Å². The Bertz CT molecular complexity index is 710. The van der Waals surface area contributed by atoms with Crippen molar-refractivity contribution in [1.29, 1.82) is 0 Å². The number of hydrogen-bond acceptors (Lipinski definition) is 5. The van der Waals surface area contributed by atoms with Gasteiger partial charge in [0.05, 0.1) is 28.1 Å². The lowest BCUT2D eigenvalue weighted by molar-refractivity contribution is -0.394. The summed E-state index contributed by atoms with van der Waals surface area (Å²) in [7, 11) is 0. The molecule has 2 aromatic carbocycles. The first kappa shape index (κ1) is 14.6. The summed E-state index contributed by atoms with van der Waals surface area (Å²) < 4.78 is 0. The van der Waals surface area contributed by atoms with E-state index in [1.54, 1.807) is 24.3 Å². The van der Waals surface area contributed by atoms with Crippen LogP contribution in [0.4, 0.5) is 11.4 Å². The lowest BCUT2D eigenvalue weighted by Gasteiger charge is -2.06. The topological polar surface area (TPSA) is 107 Å². The van der Waals surface area contributed by atoms with E-state index in [-0.39, 0.29) is 18.0 Å². The van der Waals surface area contributed by atoms with Gasteiger partial charge in [-0.15, -0.1) is 0 Å².